The van der Waals surface area contributed by atoms with Gasteiger partial charge in [-0.05, 0) is 11.5 Å². The number of hydrogen-bond acceptors (Lipinski definition) is 2. The van der Waals surface area contributed by atoms with Crippen LogP contribution in [0.2, 0.25) is 0 Å². The summed E-state index contributed by atoms with van der Waals surface area (Å²) in [6.07, 6.45) is 6.67. The molecule has 0 N–H and O–H groups in total. The summed E-state index contributed by atoms with van der Waals surface area (Å²) in [5.74, 6) is 0.787. The number of methoxy groups -OCH3 is 1. The average Bonchev–Trinajstić information content (AvgIpc) is 2.27. The molecular formula is C11H17NO. The molecule has 0 radical (unpaired) electrons. The Balaban J connectivity index is 2.85. The molecule has 2 nitrogen and oxygen atoms in total. The van der Waals surface area contributed by atoms with Crippen molar-refractivity contribution in [1.29, 1.82) is 0 Å². The predicted molar refractivity (Wildman–Crippen MR) is 55.7 cm³/mol. The predicted octanol–water partition coefficient (Wildman–Crippen LogP) is 2.92. The van der Waals surface area contributed by atoms with Crippen LogP contribution in [0, 0.1) is 5.41 Å². The van der Waals surface area contributed by atoms with Gasteiger partial charge >= 0.3 is 0 Å². The minimum absolute atomic E-state index is 0.188. The normalized spacial score (nSPS) is 17.5. The lowest BCUT2D eigenvalue weighted by atomic mass is 9.84. The van der Waals surface area contributed by atoms with Crippen LogP contribution in [0.15, 0.2) is 28.9 Å². The lowest BCUT2D eigenvalue weighted by molar-refractivity contribution is 0.386. The van der Waals surface area contributed by atoms with Crippen molar-refractivity contribution in [3.8, 4) is 0 Å². The van der Waals surface area contributed by atoms with Crippen LogP contribution in [0.4, 0.5) is 0 Å². The summed E-state index contributed by atoms with van der Waals surface area (Å²) in [6, 6.07) is 0. The van der Waals surface area contributed by atoms with Gasteiger partial charge in [0.05, 0.1) is 7.11 Å². The second-order valence-corrected chi connectivity index (χ2v) is 4.19. The van der Waals surface area contributed by atoms with E-state index in [-0.39, 0.29) is 5.41 Å². The Morgan fingerprint density at radius 3 is 2.62 bits per heavy atom. The fourth-order valence-electron chi connectivity index (χ4n) is 1.19. The minimum Gasteiger partial charge on any atom is -0.484 e. The average molecular weight is 179 g/mol. The van der Waals surface area contributed by atoms with Crippen LogP contribution in [-0.2, 0) is 4.74 Å². The van der Waals surface area contributed by atoms with Crippen LogP contribution in [0.5, 0.6) is 0 Å². The molecule has 0 aromatic rings. The zero-order valence-electron chi connectivity index (χ0n) is 8.79. The monoisotopic (exact) mass is 179 g/mol. The van der Waals surface area contributed by atoms with E-state index in [9.17, 15) is 0 Å². The van der Waals surface area contributed by atoms with E-state index >= 15 is 0 Å². The van der Waals surface area contributed by atoms with Gasteiger partial charge in [0.2, 0.25) is 0 Å². The van der Waals surface area contributed by atoms with Crippen LogP contribution in [0.1, 0.15) is 27.2 Å². The summed E-state index contributed by atoms with van der Waals surface area (Å²) in [5.41, 5.74) is 1.54. The highest BCUT2D eigenvalue weighted by Crippen LogP contribution is 2.29. The summed E-state index contributed by atoms with van der Waals surface area (Å²) in [7, 11) is 1.66. The van der Waals surface area contributed by atoms with E-state index < -0.39 is 0 Å². The maximum atomic E-state index is 5.15. The molecule has 2 heteroatoms. The Hall–Kier alpha value is -1.05. The quantitative estimate of drug-likeness (QED) is 0.560. The largest absolute Gasteiger partial charge is 0.484 e. The molecule has 0 bridgehead atoms. The van der Waals surface area contributed by atoms with E-state index in [2.05, 4.69) is 31.8 Å². The van der Waals surface area contributed by atoms with Crippen molar-refractivity contribution in [2.24, 2.45) is 10.4 Å². The first-order chi connectivity index (χ1) is 6.04. The lowest BCUT2D eigenvalue weighted by Gasteiger charge is -2.22. The van der Waals surface area contributed by atoms with Gasteiger partial charge in [-0.2, -0.15) is 0 Å². The molecule has 0 atom stereocenters. The second kappa shape index (κ2) is 3.77. The van der Waals surface area contributed by atoms with Gasteiger partial charge in [-0.25, -0.2) is 4.99 Å². The molecule has 0 aromatic heterocycles. The first-order valence-electron chi connectivity index (χ1n) is 4.51. The molecule has 72 valence electrons. The van der Waals surface area contributed by atoms with E-state index in [0.717, 1.165) is 12.3 Å². The molecule has 0 aromatic carbocycles. The Kier molecular flexibility index (Phi) is 2.91. The standard InChI is InChI=1S/C11H17NO/c1-11(2,3)9-6-5-7-12-10(8-9)13-4/h5-7H,8H2,1-4H3. The van der Waals surface area contributed by atoms with Crippen LogP contribution in [-0.4, -0.2) is 13.0 Å². The first-order valence-corrected chi connectivity index (χ1v) is 4.51. The number of ether oxygens (including phenoxy) is 1. The molecule has 0 spiro atoms. The van der Waals surface area contributed by atoms with E-state index in [1.54, 1.807) is 13.3 Å². The number of allylic oxidation sites excluding steroid dienone is 2. The zero-order chi connectivity index (χ0) is 9.90. The summed E-state index contributed by atoms with van der Waals surface area (Å²) >= 11 is 0. The molecule has 0 unspecified atom stereocenters. The maximum Gasteiger partial charge on any atom is 0.191 e. The van der Waals surface area contributed by atoms with Gasteiger partial charge in [-0.15, -0.1) is 0 Å². The van der Waals surface area contributed by atoms with Crippen molar-refractivity contribution in [1.82, 2.24) is 0 Å². The molecule has 1 aliphatic heterocycles. The van der Waals surface area contributed by atoms with Crippen molar-refractivity contribution >= 4 is 5.90 Å². The van der Waals surface area contributed by atoms with E-state index in [4.69, 9.17) is 4.74 Å². The molecule has 1 rings (SSSR count). The number of aliphatic imine (C=N–C) groups is 1. The Morgan fingerprint density at radius 1 is 1.38 bits per heavy atom. The molecule has 0 saturated heterocycles. The second-order valence-electron chi connectivity index (χ2n) is 4.19. The number of rotatable bonds is 0. The van der Waals surface area contributed by atoms with Crippen molar-refractivity contribution in [2.75, 3.05) is 7.11 Å². The van der Waals surface area contributed by atoms with Crippen molar-refractivity contribution in [2.45, 2.75) is 27.2 Å². The third-order valence-electron chi connectivity index (χ3n) is 2.14. The van der Waals surface area contributed by atoms with Gasteiger partial charge in [0.25, 0.3) is 0 Å². The highest BCUT2D eigenvalue weighted by Gasteiger charge is 2.19. The van der Waals surface area contributed by atoms with E-state index in [1.807, 2.05) is 6.08 Å². The Bertz CT molecular complexity index is 266. The van der Waals surface area contributed by atoms with Crippen LogP contribution in [0.3, 0.4) is 0 Å². The maximum absolute atomic E-state index is 5.15. The van der Waals surface area contributed by atoms with Crippen LogP contribution < -0.4 is 0 Å². The van der Waals surface area contributed by atoms with E-state index in [1.165, 1.54) is 5.57 Å². The summed E-state index contributed by atoms with van der Waals surface area (Å²) < 4.78 is 5.15. The lowest BCUT2D eigenvalue weighted by Crippen LogP contribution is -2.13. The van der Waals surface area contributed by atoms with Crippen molar-refractivity contribution in [3.05, 3.63) is 23.9 Å². The van der Waals surface area contributed by atoms with E-state index in [0.29, 0.717) is 0 Å². The zero-order valence-corrected chi connectivity index (χ0v) is 8.79. The molecule has 0 aliphatic carbocycles. The Morgan fingerprint density at radius 2 is 2.08 bits per heavy atom. The smallest absolute Gasteiger partial charge is 0.191 e. The molecule has 1 heterocycles. The molecule has 1 aliphatic rings. The number of hydrogen-bond donors (Lipinski definition) is 0. The SMILES string of the molecule is COC1=NC=CC=C(C(C)(C)C)C1. The highest BCUT2D eigenvalue weighted by molar-refractivity contribution is 5.80. The fraction of sp³-hybridized carbons (Fsp3) is 0.545. The van der Waals surface area contributed by atoms with Gasteiger partial charge in [0.1, 0.15) is 0 Å². The molecule has 0 saturated carbocycles. The minimum atomic E-state index is 0.188. The van der Waals surface area contributed by atoms with Gasteiger partial charge in [0.15, 0.2) is 5.90 Å². The summed E-state index contributed by atoms with van der Waals surface area (Å²) in [4.78, 5) is 4.17. The third-order valence-corrected chi connectivity index (χ3v) is 2.14. The highest BCUT2D eigenvalue weighted by atomic mass is 16.5. The topological polar surface area (TPSA) is 21.6 Å². The third kappa shape index (κ3) is 2.72. The summed E-state index contributed by atoms with van der Waals surface area (Å²) in [5, 5.41) is 0. The van der Waals surface area contributed by atoms with Crippen LogP contribution >= 0.6 is 0 Å². The Labute approximate surface area is 80.0 Å². The first kappa shape index (κ1) is 10.0. The molecule has 0 fully saturated rings. The fourth-order valence-corrected chi connectivity index (χ4v) is 1.19. The van der Waals surface area contributed by atoms with Gasteiger partial charge < -0.3 is 4.74 Å². The van der Waals surface area contributed by atoms with Crippen molar-refractivity contribution in [3.63, 3.8) is 0 Å². The number of nitrogens with zero attached hydrogens (tertiary/aromatic N) is 1. The van der Waals surface area contributed by atoms with Gasteiger partial charge in [-0.3, -0.25) is 0 Å². The molecular weight excluding hydrogens is 162 g/mol. The molecule has 0 amide bonds. The van der Waals surface area contributed by atoms with Crippen LogP contribution in [0.25, 0.3) is 0 Å². The van der Waals surface area contributed by atoms with Gasteiger partial charge in [-0.1, -0.05) is 32.4 Å². The summed E-state index contributed by atoms with van der Waals surface area (Å²) in [6.45, 7) is 6.60. The molecule has 13 heavy (non-hydrogen) atoms. The van der Waals surface area contributed by atoms with Gasteiger partial charge in [0, 0.05) is 12.6 Å². The van der Waals surface area contributed by atoms with Crippen molar-refractivity contribution < 1.29 is 4.74 Å².